The second kappa shape index (κ2) is 11.5. The van der Waals surface area contributed by atoms with E-state index in [-0.39, 0.29) is 72.6 Å². The molecule has 47 heavy (non-hydrogen) atoms. The van der Waals surface area contributed by atoms with Gasteiger partial charge in [-0.25, -0.2) is 13.2 Å². The normalized spacial score (nSPS) is 25.2. The second-order valence-corrected chi connectivity index (χ2v) is 14.4. The summed E-state index contributed by atoms with van der Waals surface area (Å²) in [5, 5.41) is 13.7. The van der Waals surface area contributed by atoms with Gasteiger partial charge in [0, 0.05) is 49.0 Å². The third-order valence-corrected chi connectivity index (χ3v) is 11.9. The van der Waals surface area contributed by atoms with Crippen molar-refractivity contribution in [2.24, 2.45) is 5.92 Å². The number of hydrogen-bond donors (Lipinski definition) is 2. The van der Waals surface area contributed by atoms with Gasteiger partial charge in [-0.15, -0.1) is 11.3 Å². The Labute approximate surface area is 278 Å². The quantitative estimate of drug-likeness (QED) is 0.241. The van der Waals surface area contributed by atoms with E-state index >= 15 is 8.78 Å². The number of rotatable bonds is 7. The largest absolute Gasteiger partial charge is 0.491 e. The second-order valence-electron chi connectivity index (χ2n) is 13.0. The number of aromatic nitrogens is 2. The maximum Gasteiger partial charge on any atom is 0.319 e. The highest BCUT2D eigenvalue weighted by Crippen LogP contribution is 2.52. The van der Waals surface area contributed by atoms with Crippen molar-refractivity contribution in [1.82, 2.24) is 20.2 Å². The lowest BCUT2D eigenvalue weighted by Gasteiger charge is -2.46. The van der Waals surface area contributed by atoms with Crippen LogP contribution in [0.3, 0.4) is 0 Å². The molecule has 2 aromatic heterocycles. The van der Waals surface area contributed by atoms with Gasteiger partial charge in [-0.05, 0) is 50.9 Å². The summed E-state index contributed by atoms with van der Waals surface area (Å²) in [6, 6.07) is 4.75. The number of anilines is 2. The molecule has 3 fully saturated rings. The van der Waals surface area contributed by atoms with Gasteiger partial charge in [-0.2, -0.15) is 15.2 Å². The van der Waals surface area contributed by atoms with Crippen molar-refractivity contribution >= 4 is 54.7 Å². The zero-order chi connectivity index (χ0) is 32.6. The van der Waals surface area contributed by atoms with E-state index in [4.69, 9.17) is 31.8 Å². The Balaban J connectivity index is 1.36. The number of benzene rings is 2. The van der Waals surface area contributed by atoms with E-state index in [1.165, 1.54) is 12.1 Å². The molecule has 14 heteroatoms. The van der Waals surface area contributed by atoms with Crippen molar-refractivity contribution in [3.05, 3.63) is 34.4 Å². The molecule has 9 nitrogen and oxygen atoms in total. The van der Waals surface area contributed by atoms with Crippen molar-refractivity contribution in [3.63, 3.8) is 0 Å². The fourth-order valence-electron chi connectivity index (χ4n) is 8.04. The van der Waals surface area contributed by atoms with E-state index in [0.29, 0.717) is 43.9 Å². The lowest BCUT2D eigenvalue weighted by Crippen LogP contribution is -2.52. The smallest absolute Gasteiger partial charge is 0.319 e. The molecule has 8 rings (SSSR count). The number of halogens is 4. The van der Waals surface area contributed by atoms with Crippen molar-refractivity contribution in [3.8, 4) is 29.0 Å². The number of nitrogens with one attached hydrogen (secondary N) is 1. The van der Waals surface area contributed by atoms with Crippen LogP contribution in [0.15, 0.2) is 12.1 Å². The van der Waals surface area contributed by atoms with E-state index in [1.54, 1.807) is 0 Å². The first kappa shape index (κ1) is 30.7. The van der Waals surface area contributed by atoms with Gasteiger partial charge in [-0.1, -0.05) is 17.7 Å². The summed E-state index contributed by atoms with van der Waals surface area (Å²) in [5.41, 5.74) is 5.76. The molecule has 246 valence electrons. The van der Waals surface area contributed by atoms with Gasteiger partial charge in [-0.3, -0.25) is 4.90 Å². The van der Waals surface area contributed by atoms with Crippen molar-refractivity contribution < 1.29 is 22.6 Å². The molecule has 2 saturated heterocycles. The van der Waals surface area contributed by atoms with Crippen LogP contribution in [0.1, 0.15) is 37.7 Å². The zero-order valence-corrected chi connectivity index (χ0v) is 27.3. The molecule has 1 aliphatic carbocycles. The van der Waals surface area contributed by atoms with Gasteiger partial charge in [0.15, 0.2) is 11.6 Å². The number of nitrogen functional groups attached to an aromatic ring is 1. The molecule has 3 aliphatic heterocycles. The first-order valence-corrected chi connectivity index (χ1v) is 17.1. The maximum absolute atomic E-state index is 17.2. The Bertz CT molecular complexity index is 1970. The number of nitriles is 1. The molecular formula is C33H33ClF3N7O2S. The first-order chi connectivity index (χ1) is 22.7. The maximum atomic E-state index is 17.2. The minimum Gasteiger partial charge on any atom is -0.491 e. The monoisotopic (exact) mass is 683 g/mol. The van der Waals surface area contributed by atoms with Crippen LogP contribution in [0, 0.1) is 28.9 Å². The summed E-state index contributed by atoms with van der Waals surface area (Å²) in [4.78, 5) is 13.8. The lowest BCUT2D eigenvalue weighted by molar-refractivity contribution is 0.107. The van der Waals surface area contributed by atoms with Gasteiger partial charge in [0.25, 0.3) is 0 Å². The van der Waals surface area contributed by atoms with E-state index in [2.05, 4.69) is 20.1 Å². The molecule has 0 bridgehead atoms. The third kappa shape index (κ3) is 4.70. The number of likely N-dealkylation sites (N-methyl/N-ethyl adjacent to an activating group) is 1. The zero-order valence-electron chi connectivity index (χ0n) is 25.7. The van der Waals surface area contributed by atoms with Gasteiger partial charge in [0.2, 0.25) is 0 Å². The van der Waals surface area contributed by atoms with Crippen LogP contribution in [-0.2, 0) is 0 Å². The average Bonchev–Trinajstić information content (AvgIpc) is 3.68. The number of hydrogen-bond acceptors (Lipinski definition) is 10. The molecule has 1 saturated carbocycles. The molecule has 4 aliphatic rings. The van der Waals surface area contributed by atoms with E-state index in [0.717, 1.165) is 43.6 Å². The van der Waals surface area contributed by atoms with Crippen LogP contribution in [0.5, 0.6) is 11.8 Å². The average molecular weight is 684 g/mol. The molecule has 2 unspecified atom stereocenters. The molecule has 0 amide bonds. The molecule has 5 heterocycles. The highest BCUT2D eigenvalue weighted by molar-refractivity contribution is 7.23. The SMILES string of the molecule is CNCCN1c2nc(OC[C@@]34CCCN3C[C@H](F)C4)nc3c(F)c(-c4ccc(F)c5sc(N)c(C#N)c45)c(Cl)c(c23)OCC2CCC21. The Hall–Kier alpha value is -3.57. The molecule has 2 aromatic carbocycles. The Morgan fingerprint density at radius 1 is 1.28 bits per heavy atom. The summed E-state index contributed by atoms with van der Waals surface area (Å²) in [6.45, 7) is 2.93. The minimum absolute atomic E-state index is 0.0261. The van der Waals surface area contributed by atoms with Gasteiger partial charge >= 0.3 is 6.01 Å². The van der Waals surface area contributed by atoms with Gasteiger partial charge < -0.3 is 25.4 Å². The molecular weight excluding hydrogens is 651 g/mol. The minimum atomic E-state index is -0.934. The van der Waals surface area contributed by atoms with Crippen molar-refractivity contribution in [2.45, 2.75) is 49.9 Å². The molecule has 0 spiro atoms. The van der Waals surface area contributed by atoms with Gasteiger partial charge in [0.05, 0.1) is 32.8 Å². The van der Waals surface area contributed by atoms with Crippen LogP contribution in [0.2, 0.25) is 5.02 Å². The van der Waals surface area contributed by atoms with Crippen molar-refractivity contribution in [1.29, 1.82) is 5.26 Å². The third-order valence-electron chi connectivity index (χ3n) is 10.5. The number of ether oxygens (including phenoxy) is 2. The highest BCUT2D eigenvalue weighted by Gasteiger charge is 2.49. The Morgan fingerprint density at radius 3 is 2.89 bits per heavy atom. The summed E-state index contributed by atoms with van der Waals surface area (Å²) in [6.07, 6.45) is 3.04. The van der Waals surface area contributed by atoms with Crippen LogP contribution in [0.25, 0.3) is 32.1 Å². The number of nitrogens with two attached hydrogens (primary N) is 1. The van der Waals surface area contributed by atoms with E-state index in [1.807, 2.05) is 13.1 Å². The van der Waals surface area contributed by atoms with E-state index < -0.39 is 23.3 Å². The topological polar surface area (TPSA) is 113 Å². The predicted molar refractivity (Wildman–Crippen MR) is 176 cm³/mol. The van der Waals surface area contributed by atoms with Crippen molar-refractivity contribution in [2.75, 3.05) is 57.1 Å². The summed E-state index contributed by atoms with van der Waals surface area (Å²) >= 11 is 8.01. The predicted octanol–water partition coefficient (Wildman–Crippen LogP) is 6.05. The fraction of sp³-hybridized carbons (Fsp3) is 0.485. The highest BCUT2D eigenvalue weighted by atomic mass is 35.5. The number of nitrogens with zero attached hydrogens (tertiary/aromatic N) is 5. The molecule has 0 radical (unpaired) electrons. The molecule has 4 aromatic rings. The summed E-state index contributed by atoms with van der Waals surface area (Å²) < 4.78 is 59.6. The van der Waals surface area contributed by atoms with Crippen LogP contribution in [0.4, 0.5) is 24.0 Å². The number of thiophene rings is 1. The molecule has 3 N–H and O–H groups in total. The first-order valence-electron chi connectivity index (χ1n) is 15.9. The summed E-state index contributed by atoms with van der Waals surface area (Å²) in [7, 11) is 1.87. The summed E-state index contributed by atoms with van der Waals surface area (Å²) in [5.74, 6) is -0.504. The Morgan fingerprint density at radius 2 is 2.13 bits per heavy atom. The number of fused-ring (bicyclic) bond motifs is 3. The molecule has 4 atom stereocenters. The number of alkyl halides is 1. The fourth-order valence-corrected chi connectivity index (χ4v) is 9.33. The van der Waals surface area contributed by atoms with Gasteiger partial charge in [0.1, 0.15) is 41.0 Å². The lowest BCUT2D eigenvalue weighted by atomic mass is 9.78. The van der Waals surface area contributed by atoms with E-state index in [9.17, 15) is 9.65 Å². The van der Waals surface area contributed by atoms with Crippen LogP contribution < -0.4 is 25.4 Å². The van der Waals surface area contributed by atoms with Crippen LogP contribution >= 0.6 is 22.9 Å². The Kier molecular flexibility index (Phi) is 7.55. The standard InChI is InChI=1S/C33H33ClF3N7O2S/c1-40-8-10-44-21-6-3-16(21)14-45-28-24-27(41-32(42-31(24)44)46-15-33-7-2-9-43(33)13-17(35)11-33)26(37)23(25(28)34)18-4-5-20(36)29-22(18)19(12-38)30(39)47-29/h4-5,16-17,21,40H,2-3,6-11,13-15,39H2,1H3/t16?,17-,21?,33+/m1/s1. The van der Waals surface area contributed by atoms with Crippen LogP contribution in [-0.4, -0.2) is 79.1 Å².